The average molecular weight is 297 g/mol. The molecule has 1 aliphatic rings. The Hall–Kier alpha value is -2.93. The van der Waals surface area contributed by atoms with Crippen LogP contribution in [0.3, 0.4) is 0 Å². The molecule has 0 radical (unpaired) electrons. The fraction of sp³-hybridized carbons (Fsp3) is 0.133. The van der Waals surface area contributed by atoms with Gasteiger partial charge in [0.15, 0.2) is 11.5 Å². The van der Waals surface area contributed by atoms with Gasteiger partial charge in [0.05, 0.1) is 6.61 Å². The van der Waals surface area contributed by atoms with Crippen LogP contribution >= 0.6 is 0 Å². The van der Waals surface area contributed by atoms with E-state index in [0.717, 1.165) is 0 Å². The molecule has 0 fully saturated rings. The van der Waals surface area contributed by atoms with Crippen molar-refractivity contribution >= 4 is 11.5 Å². The zero-order valence-electron chi connectivity index (χ0n) is 11.4. The smallest absolute Gasteiger partial charge is 0.231 e. The van der Waals surface area contributed by atoms with E-state index in [0.29, 0.717) is 34.0 Å². The van der Waals surface area contributed by atoms with E-state index in [1.807, 2.05) is 0 Å². The van der Waals surface area contributed by atoms with Crippen LogP contribution in [0.15, 0.2) is 41.7 Å². The number of imidazole rings is 1. The molecule has 3 aromatic rings. The molecule has 7 nitrogen and oxygen atoms in total. The maximum atomic E-state index is 11.3. The first-order valence-electron chi connectivity index (χ1n) is 6.66. The van der Waals surface area contributed by atoms with Crippen molar-refractivity contribution in [2.24, 2.45) is 5.18 Å². The van der Waals surface area contributed by atoms with Crippen LogP contribution in [0.25, 0.3) is 16.9 Å². The number of hydrogen-bond donors (Lipinski definition) is 1. The van der Waals surface area contributed by atoms with Crippen LogP contribution < -0.4 is 9.47 Å². The summed E-state index contributed by atoms with van der Waals surface area (Å²) in [4.78, 5) is 15.7. The molecule has 0 saturated heterocycles. The minimum atomic E-state index is -0.166. The Kier molecular flexibility index (Phi) is 2.80. The van der Waals surface area contributed by atoms with Crippen molar-refractivity contribution in [3.05, 3.63) is 47.0 Å². The van der Waals surface area contributed by atoms with Gasteiger partial charge in [0.2, 0.25) is 12.6 Å². The number of benzene rings is 1. The molecular formula is C15H11N3O4. The first-order valence-corrected chi connectivity index (χ1v) is 6.66. The van der Waals surface area contributed by atoms with Crippen molar-refractivity contribution in [2.75, 3.05) is 6.79 Å². The zero-order chi connectivity index (χ0) is 15.1. The Bertz CT molecular complexity index is 888. The third-order valence-corrected chi connectivity index (χ3v) is 3.61. The van der Waals surface area contributed by atoms with E-state index in [1.54, 1.807) is 40.9 Å². The van der Waals surface area contributed by atoms with E-state index >= 15 is 0 Å². The maximum absolute atomic E-state index is 11.3. The van der Waals surface area contributed by atoms with Crippen LogP contribution in [-0.4, -0.2) is 21.3 Å². The normalized spacial score (nSPS) is 12.8. The first kappa shape index (κ1) is 12.8. The summed E-state index contributed by atoms with van der Waals surface area (Å²) < 4.78 is 12.2. The molecule has 1 aliphatic heterocycles. The fourth-order valence-electron chi connectivity index (χ4n) is 2.56. The lowest BCUT2D eigenvalue weighted by atomic mass is 10.1. The number of hydrogen-bond acceptors (Lipinski definition) is 6. The summed E-state index contributed by atoms with van der Waals surface area (Å²) in [6, 6.07) is 8.81. The fourth-order valence-corrected chi connectivity index (χ4v) is 2.56. The molecule has 0 amide bonds. The molecule has 0 unspecified atom stereocenters. The van der Waals surface area contributed by atoms with Gasteiger partial charge in [-0.3, -0.25) is 4.40 Å². The molecule has 0 aliphatic carbocycles. The molecule has 1 N–H and O–H groups in total. The van der Waals surface area contributed by atoms with E-state index in [2.05, 4.69) is 10.2 Å². The van der Waals surface area contributed by atoms with E-state index < -0.39 is 0 Å². The number of fused-ring (bicyclic) bond motifs is 2. The molecule has 1 aromatic carbocycles. The van der Waals surface area contributed by atoms with Crippen LogP contribution in [0.4, 0.5) is 5.82 Å². The predicted octanol–water partition coefficient (Wildman–Crippen LogP) is 2.62. The van der Waals surface area contributed by atoms with Crippen molar-refractivity contribution in [1.82, 2.24) is 9.38 Å². The quantitative estimate of drug-likeness (QED) is 0.751. The summed E-state index contributed by atoms with van der Waals surface area (Å²) in [6.45, 7) is 0.0115. The molecule has 0 bridgehead atoms. The van der Waals surface area contributed by atoms with Crippen LogP contribution in [0.2, 0.25) is 0 Å². The number of aliphatic hydroxyl groups excluding tert-OH is 1. The Labute approximate surface area is 124 Å². The molecule has 3 heterocycles. The molecule has 0 atom stereocenters. The van der Waals surface area contributed by atoms with Gasteiger partial charge in [0.1, 0.15) is 11.3 Å². The van der Waals surface area contributed by atoms with Gasteiger partial charge in [-0.15, -0.1) is 4.91 Å². The van der Waals surface area contributed by atoms with Gasteiger partial charge in [-0.2, -0.15) is 0 Å². The minimum Gasteiger partial charge on any atom is -0.454 e. The van der Waals surface area contributed by atoms with Gasteiger partial charge in [-0.05, 0) is 29.4 Å². The van der Waals surface area contributed by atoms with Crippen LogP contribution in [0.1, 0.15) is 5.56 Å². The van der Waals surface area contributed by atoms with Crippen molar-refractivity contribution in [1.29, 1.82) is 0 Å². The largest absolute Gasteiger partial charge is 0.454 e. The van der Waals surface area contributed by atoms with Gasteiger partial charge in [-0.25, -0.2) is 4.98 Å². The summed E-state index contributed by atoms with van der Waals surface area (Å²) in [5, 5.41) is 12.5. The second-order valence-electron chi connectivity index (χ2n) is 4.83. The number of ether oxygens (including phenoxy) is 2. The first-order chi connectivity index (χ1) is 10.8. The maximum Gasteiger partial charge on any atom is 0.231 e. The number of nitroso groups, excluding NO2 is 1. The summed E-state index contributed by atoms with van der Waals surface area (Å²) in [5.41, 5.74) is 2.27. The van der Waals surface area contributed by atoms with Gasteiger partial charge in [-0.1, -0.05) is 6.07 Å². The highest BCUT2D eigenvalue weighted by Crippen LogP contribution is 2.39. The van der Waals surface area contributed by atoms with E-state index in [-0.39, 0.29) is 19.2 Å². The Morgan fingerprint density at radius 2 is 2.14 bits per heavy atom. The minimum absolute atomic E-state index is 0.166. The lowest BCUT2D eigenvalue weighted by Gasteiger charge is -2.00. The highest BCUT2D eigenvalue weighted by atomic mass is 16.7. The van der Waals surface area contributed by atoms with Gasteiger partial charge in [0, 0.05) is 17.3 Å². The molecule has 22 heavy (non-hydrogen) atoms. The van der Waals surface area contributed by atoms with Crippen LogP contribution in [0.5, 0.6) is 11.5 Å². The van der Waals surface area contributed by atoms with Crippen LogP contribution in [-0.2, 0) is 6.61 Å². The highest BCUT2D eigenvalue weighted by molar-refractivity contribution is 5.77. The lowest BCUT2D eigenvalue weighted by Crippen LogP contribution is -1.92. The average Bonchev–Trinajstić information content (AvgIpc) is 3.17. The molecule has 0 spiro atoms. The topological polar surface area (TPSA) is 85.4 Å². The third kappa shape index (κ3) is 1.76. The van der Waals surface area contributed by atoms with Gasteiger partial charge in [0.25, 0.3) is 0 Å². The van der Waals surface area contributed by atoms with Crippen molar-refractivity contribution < 1.29 is 14.6 Å². The Morgan fingerprint density at radius 3 is 2.95 bits per heavy atom. The zero-order valence-corrected chi connectivity index (χ0v) is 11.4. The molecule has 110 valence electrons. The molecular weight excluding hydrogens is 286 g/mol. The monoisotopic (exact) mass is 297 g/mol. The van der Waals surface area contributed by atoms with E-state index in [4.69, 9.17) is 9.47 Å². The Balaban J connectivity index is 1.96. The SMILES string of the molecule is O=Nc1c(-c2ccc3c(c2)OCO3)nc2c(CO)cccn12. The summed E-state index contributed by atoms with van der Waals surface area (Å²) in [6.07, 6.45) is 1.69. The summed E-state index contributed by atoms with van der Waals surface area (Å²) in [5.74, 6) is 1.45. The second-order valence-corrected chi connectivity index (χ2v) is 4.83. The van der Waals surface area contributed by atoms with Gasteiger partial charge >= 0.3 is 0 Å². The van der Waals surface area contributed by atoms with E-state index in [9.17, 15) is 10.0 Å². The van der Waals surface area contributed by atoms with Crippen molar-refractivity contribution in [2.45, 2.75) is 6.61 Å². The second kappa shape index (κ2) is 4.81. The highest BCUT2D eigenvalue weighted by Gasteiger charge is 2.20. The molecule has 2 aromatic heterocycles. The van der Waals surface area contributed by atoms with Crippen LogP contribution in [0, 0.1) is 4.91 Å². The van der Waals surface area contributed by atoms with Gasteiger partial charge < -0.3 is 14.6 Å². The van der Waals surface area contributed by atoms with Crippen molar-refractivity contribution in [3.8, 4) is 22.8 Å². The Morgan fingerprint density at radius 1 is 1.27 bits per heavy atom. The number of aromatic nitrogens is 2. The van der Waals surface area contributed by atoms with E-state index in [1.165, 1.54) is 0 Å². The number of pyridine rings is 1. The molecule has 4 rings (SSSR count). The predicted molar refractivity (Wildman–Crippen MR) is 78.1 cm³/mol. The van der Waals surface area contributed by atoms with Crippen molar-refractivity contribution in [3.63, 3.8) is 0 Å². The summed E-state index contributed by atoms with van der Waals surface area (Å²) >= 11 is 0. The molecule has 7 heteroatoms. The number of rotatable bonds is 3. The molecule has 0 saturated carbocycles. The number of aliphatic hydroxyl groups is 1. The number of nitrogens with zero attached hydrogens (tertiary/aromatic N) is 3. The third-order valence-electron chi connectivity index (χ3n) is 3.61. The lowest BCUT2D eigenvalue weighted by molar-refractivity contribution is 0.174. The summed E-state index contributed by atoms with van der Waals surface area (Å²) in [7, 11) is 0. The standard InChI is InChI=1S/C15H11N3O4/c19-7-10-2-1-5-18-14(10)16-13(15(18)17-20)9-3-4-11-12(6-9)22-8-21-11/h1-6,19H,7-8H2.